The van der Waals surface area contributed by atoms with Gasteiger partial charge < -0.3 is 10.4 Å². The number of carbonyl (C=O) groups excluding carboxylic acids is 1. The van der Waals surface area contributed by atoms with Gasteiger partial charge in [0.2, 0.25) is 5.91 Å². The normalized spacial score (nSPS) is 22.0. The summed E-state index contributed by atoms with van der Waals surface area (Å²) < 4.78 is 0. The fraction of sp³-hybridized carbons (Fsp3) is 0.875. The molecule has 114 valence electrons. The first-order valence-corrected chi connectivity index (χ1v) is 8.12. The largest absolute Gasteiger partial charge is 0.481 e. The van der Waals surface area contributed by atoms with Crippen LogP contribution in [-0.2, 0) is 9.59 Å². The quantitative estimate of drug-likeness (QED) is 0.705. The average Bonchev–Trinajstić information content (AvgIpc) is 3.06. The molecule has 20 heavy (non-hydrogen) atoms. The van der Waals surface area contributed by atoms with Gasteiger partial charge in [-0.25, -0.2) is 0 Å². The van der Waals surface area contributed by atoms with Crippen LogP contribution in [0.15, 0.2) is 0 Å². The second kappa shape index (κ2) is 7.09. The number of nitrogens with one attached hydrogen (secondary N) is 1. The van der Waals surface area contributed by atoms with E-state index in [4.69, 9.17) is 0 Å². The highest BCUT2D eigenvalue weighted by molar-refractivity contribution is 5.85. The fourth-order valence-corrected chi connectivity index (χ4v) is 3.81. The van der Waals surface area contributed by atoms with Gasteiger partial charge >= 0.3 is 5.97 Å². The number of hydrogen-bond acceptors (Lipinski definition) is 2. The Morgan fingerprint density at radius 1 is 1.10 bits per heavy atom. The van der Waals surface area contributed by atoms with Gasteiger partial charge in [0, 0.05) is 13.0 Å². The molecule has 0 aromatic carbocycles. The standard InChI is InChI=1S/C16H27NO3/c18-14(12-16(15(19)20)9-3-4-10-16)17-11-5-8-13-6-1-2-7-13/h13H,1-12H2,(H,17,18)(H,19,20). The third-order valence-electron chi connectivity index (χ3n) is 5.10. The number of rotatable bonds is 7. The number of aliphatic carboxylic acids is 1. The molecule has 2 saturated carbocycles. The van der Waals surface area contributed by atoms with E-state index in [0.717, 1.165) is 25.2 Å². The molecule has 0 aromatic rings. The van der Waals surface area contributed by atoms with Crippen LogP contribution in [-0.4, -0.2) is 23.5 Å². The van der Waals surface area contributed by atoms with Gasteiger partial charge in [0.05, 0.1) is 5.41 Å². The molecule has 0 radical (unpaired) electrons. The summed E-state index contributed by atoms with van der Waals surface area (Å²) in [6.07, 6.45) is 11.0. The zero-order valence-electron chi connectivity index (χ0n) is 12.3. The molecule has 2 aliphatic rings. The number of carboxylic acid groups (broad SMARTS) is 1. The van der Waals surface area contributed by atoms with Crippen molar-refractivity contribution >= 4 is 11.9 Å². The third kappa shape index (κ3) is 3.97. The zero-order valence-corrected chi connectivity index (χ0v) is 12.3. The molecular formula is C16H27NO3. The van der Waals surface area contributed by atoms with Crippen LogP contribution in [0.5, 0.6) is 0 Å². The van der Waals surface area contributed by atoms with E-state index < -0.39 is 11.4 Å². The molecule has 2 aliphatic carbocycles. The van der Waals surface area contributed by atoms with Crippen LogP contribution in [0.1, 0.15) is 70.6 Å². The highest BCUT2D eigenvalue weighted by Crippen LogP contribution is 2.41. The van der Waals surface area contributed by atoms with Gasteiger partial charge in [-0.3, -0.25) is 9.59 Å². The van der Waals surface area contributed by atoms with Crippen molar-refractivity contribution in [3.05, 3.63) is 0 Å². The molecular weight excluding hydrogens is 254 g/mol. The lowest BCUT2D eigenvalue weighted by Crippen LogP contribution is -2.36. The molecule has 0 unspecified atom stereocenters. The maximum Gasteiger partial charge on any atom is 0.310 e. The Morgan fingerprint density at radius 3 is 2.35 bits per heavy atom. The van der Waals surface area contributed by atoms with Crippen LogP contribution in [0.4, 0.5) is 0 Å². The van der Waals surface area contributed by atoms with Gasteiger partial charge in [-0.2, -0.15) is 0 Å². The topological polar surface area (TPSA) is 66.4 Å². The van der Waals surface area contributed by atoms with E-state index >= 15 is 0 Å². The van der Waals surface area contributed by atoms with Crippen molar-refractivity contribution in [3.8, 4) is 0 Å². The second-order valence-corrected chi connectivity index (χ2v) is 6.61. The van der Waals surface area contributed by atoms with E-state index in [-0.39, 0.29) is 12.3 Å². The lowest BCUT2D eigenvalue weighted by molar-refractivity contribution is -0.151. The van der Waals surface area contributed by atoms with Gasteiger partial charge in [-0.1, -0.05) is 38.5 Å². The maximum absolute atomic E-state index is 11.9. The molecule has 0 bridgehead atoms. The summed E-state index contributed by atoms with van der Waals surface area (Å²) in [6.45, 7) is 0.699. The molecule has 2 rings (SSSR count). The molecule has 0 spiro atoms. The molecule has 4 nitrogen and oxygen atoms in total. The van der Waals surface area contributed by atoms with Crippen molar-refractivity contribution in [3.63, 3.8) is 0 Å². The molecule has 2 fully saturated rings. The molecule has 1 amide bonds. The predicted octanol–water partition coefficient (Wildman–Crippen LogP) is 3.11. The van der Waals surface area contributed by atoms with Gasteiger partial charge in [0.1, 0.15) is 0 Å². The van der Waals surface area contributed by atoms with Crippen molar-refractivity contribution in [2.75, 3.05) is 6.54 Å². The van der Waals surface area contributed by atoms with Gasteiger partial charge in [-0.05, 0) is 31.6 Å². The van der Waals surface area contributed by atoms with E-state index in [9.17, 15) is 14.7 Å². The summed E-state index contributed by atoms with van der Waals surface area (Å²) >= 11 is 0. The summed E-state index contributed by atoms with van der Waals surface area (Å²) in [5.41, 5.74) is -0.782. The molecule has 0 aliphatic heterocycles. The predicted molar refractivity (Wildman–Crippen MR) is 77.4 cm³/mol. The number of amides is 1. The molecule has 0 heterocycles. The van der Waals surface area contributed by atoms with Crippen LogP contribution in [0.25, 0.3) is 0 Å². The van der Waals surface area contributed by atoms with Crippen molar-refractivity contribution < 1.29 is 14.7 Å². The fourth-order valence-electron chi connectivity index (χ4n) is 3.81. The Balaban J connectivity index is 1.65. The van der Waals surface area contributed by atoms with Crippen molar-refractivity contribution in [2.45, 2.75) is 70.6 Å². The van der Waals surface area contributed by atoms with Crippen LogP contribution >= 0.6 is 0 Å². The highest BCUT2D eigenvalue weighted by Gasteiger charge is 2.42. The summed E-state index contributed by atoms with van der Waals surface area (Å²) in [5.74, 6) is -0.0241. The smallest absolute Gasteiger partial charge is 0.310 e. The first-order valence-electron chi connectivity index (χ1n) is 8.12. The summed E-state index contributed by atoms with van der Waals surface area (Å²) in [5, 5.41) is 12.3. The lowest BCUT2D eigenvalue weighted by Gasteiger charge is -2.22. The van der Waals surface area contributed by atoms with Crippen LogP contribution in [0, 0.1) is 11.3 Å². The van der Waals surface area contributed by atoms with Crippen LogP contribution in [0.2, 0.25) is 0 Å². The SMILES string of the molecule is O=C(CC1(C(=O)O)CCCC1)NCCCC1CCCC1. The van der Waals surface area contributed by atoms with E-state index in [1.165, 1.54) is 32.1 Å². The number of hydrogen-bond donors (Lipinski definition) is 2. The van der Waals surface area contributed by atoms with E-state index in [1.807, 2.05) is 0 Å². The van der Waals surface area contributed by atoms with Gasteiger partial charge in [0.15, 0.2) is 0 Å². The van der Waals surface area contributed by atoms with E-state index in [1.54, 1.807) is 0 Å². The first kappa shape index (κ1) is 15.3. The Bertz CT molecular complexity index is 342. The van der Waals surface area contributed by atoms with Crippen LogP contribution in [0.3, 0.4) is 0 Å². The van der Waals surface area contributed by atoms with Gasteiger partial charge in [-0.15, -0.1) is 0 Å². The van der Waals surface area contributed by atoms with Crippen molar-refractivity contribution in [1.82, 2.24) is 5.32 Å². The minimum absolute atomic E-state index is 0.0827. The Labute approximate surface area is 121 Å². The summed E-state index contributed by atoms with van der Waals surface area (Å²) in [6, 6.07) is 0. The van der Waals surface area contributed by atoms with Crippen molar-refractivity contribution in [2.24, 2.45) is 11.3 Å². The highest BCUT2D eigenvalue weighted by atomic mass is 16.4. The monoisotopic (exact) mass is 281 g/mol. The average molecular weight is 281 g/mol. The van der Waals surface area contributed by atoms with E-state index in [2.05, 4.69) is 5.32 Å². The van der Waals surface area contributed by atoms with Crippen molar-refractivity contribution in [1.29, 1.82) is 0 Å². The van der Waals surface area contributed by atoms with E-state index in [0.29, 0.717) is 19.4 Å². The Kier molecular flexibility index (Phi) is 5.44. The second-order valence-electron chi connectivity index (χ2n) is 6.61. The third-order valence-corrected chi connectivity index (χ3v) is 5.10. The number of carbonyl (C=O) groups is 2. The summed E-state index contributed by atoms with van der Waals surface area (Å²) in [4.78, 5) is 23.3. The van der Waals surface area contributed by atoms with Gasteiger partial charge in [0.25, 0.3) is 0 Å². The first-order chi connectivity index (χ1) is 9.62. The Hall–Kier alpha value is -1.06. The van der Waals surface area contributed by atoms with Crippen LogP contribution < -0.4 is 5.32 Å². The molecule has 0 atom stereocenters. The minimum Gasteiger partial charge on any atom is -0.481 e. The maximum atomic E-state index is 11.9. The zero-order chi connectivity index (χ0) is 14.4. The molecule has 4 heteroatoms. The molecule has 0 aromatic heterocycles. The molecule has 2 N–H and O–H groups in total. The Morgan fingerprint density at radius 2 is 1.75 bits per heavy atom. The number of carboxylic acids is 1. The summed E-state index contributed by atoms with van der Waals surface area (Å²) in [7, 11) is 0. The minimum atomic E-state index is -0.795. The molecule has 0 saturated heterocycles. The lowest BCUT2D eigenvalue weighted by atomic mass is 9.82.